The summed E-state index contributed by atoms with van der Waals surface area (Å²) >= 11 is 6.16. The number of amides is 1. The molecule has 1 atom stereocenters. The van der Waals surface area contributed by atoms with Crippen LogP contribution in [0.4, 0.5) is 0 Å². The van der Waals surface area contributed by atoms with Crippen molar-refractivity contribution in [2.45, 2.75) is 32.2 Å². The van der Waals surface area contributed by atoms with Crippen LogP contribution in [0.25, 0.3) is 0 Å². The number of likely N-dealkylation sites (tertiary alicyclic amines) is 1. The molecule has 3 nitrogen and oxygen atoms in total. The van der Waals surface area contributed by atoms with Gasteiger partial charge in [-0.05, 0) is 43.9 Å². The van der Waals surface area contributed by atoms with Gasteiger partial charge in [-0.3, -0.25) is 4.79 Å². The molecule has 2 rings (SSSR count). The summed E-state index contributed by atoms with van der Waals surface area (Å²) in [5.41, 5.74) is 7.39. The quantitative estimate of drug-likeness (QED) is 0.894. The van der Waals surface area contributed by atoms with Gasteiger partial charge in [0.25, 0.3) is 5.91 Å². The third-order valence-corrected chi connectivity index (χ3v) is 3.83. The standard InChI is InChI=1S/C14H19ClN2O/c1-10-5-6-12(13(15)8-10)14(18)17-7-3-2-4-11(17)9-16/h5-6,8,11H,2-4,7,9,16H2,1H3. The lowest BCUT2D eigenvalue weighted by Crippen LogP contribution is -2.47. The van der Waals surface area contributed by atoms with Crippen LogP contribution in [0.1, 0.15) is 35.2 Å². The third-order valence-electron chi connectivity index (χ3n) is 3.52. The van der Waals surface area contributed by atoms with E-state index in [1.165, 1.54) is 0 Å². The summed E-state index contributed by atoms with van der Waals surface area (Å²) in [6, 6.07) is 5.71. The molecule has 2 N–H and O–H groups in total. The van der Waals surface area contributed by atoms with E-state index in [1.807, 2.05) is 30.0 Å². The predicted octanol–water partition coefficient (Wildman–Crippen LogP) is 2.60. The van der Waals surface area contributed by atoms with E-state index in [-0.39, 0.29) is 11.9 Å². The summed E-state index contributed by atoms with van der Waals surface area (Å²) in [5, 5.41) is 0.529. The molecule has 1 fully saturated rings. The Labute approximate surface area is 113 Å². The Hall–Kier alpha value is -1.06. The van der Waals surface area contributed by atoms with Crippen molar-refractivity contribution in [2.75, 3.05) is 13.1 Å². The molecule has 1 aliphatic heterocycles. The summed E-state index contributed by atoms with van der Waals surface area (Å²) in [7, 11) is 0. The Morgan fingerprint density at radius 2 is 2.28 bits per heavy atom. The first-order chi connectivity index (χ1) is 8.63. The van der Waals surface area contributed by atoms with E-state index in [0.717, 1.165) is 31.4 Å². The molecular weight excluding hydrogens is 248 g/mol. The highest BCUT2D eigenvalue weighted by atomic mass is 35.5. The van der Waals surface area contributed by atoms with Crippen molar-refractivity contribution in [3.8, 4) is 0 Å². The van der Waals surface area contributed by atoms with Crippen molar-refractivity contribution in [1.29, 1.82) is 0 Å². The van der Waals surface area contributed by atoms with E-state index < -0.39 is 0 Å². The van der Waals surface area contributed by atoms with Crippen LogP contribution in [0, 0.1) is 6.92 Å². The summed E-state index contributed by atoms with van der Waals surface area (Å²) in [4.78, 5) is 14.4. The minimum absolute atomic E-state index is 0.00940. The number of nitrogens with two attached hydrogens (primary N) is 1. The molecule has 0 aliphatic carbocycles. The first kappa shape index (κ1) is 13.4. The van der Waals surface area contributed by atoms with E-state index in [1.54, 1.807) is 0 Å². The Kier molecular flexibility index (Phi) is 4.25. The lowest BCUT2D eigenvalue weighted by molar-refractivity contribution is 0.0623. The third kappa shape index (κ3) is 2.68. The maximum atomic E-state index is 12.5. The van der Waals surface area contributed by atoms with E-state index in [2.05, 4.69) is 0 Å². The largest absolute Gasteiger partial charge is 0.334 e. The smallest absolute Gasteiger partial charge is 0.255 e. The number of aryl methyl sites for hydroxylation is 1. The Morgan fingerprint density at radius 1 is 1.50 bits per heavy atom. The Bertz CT molecular complexity index is 447. The number of halogens is 1. The molecule has 4 heteroatoms. The van der Waals surface area contributed by atoms with Gasteiger partial charge in [0.2, 0.25) is 0 Å². The number of nitrogens with zero attached hydrogens (tertiary/aromatic N) is 1. The van der Waals surface area contributed by atoms with Crippen LogP contribution in [-0.2, 0) is 0 Å². The molecule has 1 aliphatic rings. The summed E-state index contributed by atoms with van der Waals surface area (Å²) in [5.74, 6) is 0.00940. The maximum Gasteiger partial charge on any atom is 0.255 e. The molecule has 1 aromatic carbocycles. The summed E-state index contributed by atoms with van der Waals surface area (Å²) < 4.78 is 0. The number of carbonyl (C=O) groups is 1. The number of piperidine rings is 1. The fraction of sp³-hybridized carbons (Fsp3) is 0.500. The molecule has 98 valence electrons. The number of hydrogen-bond acceptors (Lipinski definition) is 2. The fourth-order valence-electron chi connectivity index (χ4n) is 2.46. The van der Waals surface area contributed by atoms with Gasteiger partial charge in [-0.25, -0.2) is 0 Å². The van der Waals surface area contributed by atoms with E-state index in [4.69, 9.17) is 17.3 Å². The maximum absolute atomic E-state index is 12.5. The fourth-order valence-corrected chi connectivity index (χ4v) is 2.78. The van der Waals surface area contributed by atoms with Gasteiger partial charge in [-0.2, -0.15) is 0 Å². The van der Waals surface area contributed by atoms with Gasteiger partial charge in [-0.15, -0.1) is 0 Å². The molecule has 1 saturated heterocycles. The van der Waals surface area contributed by atoms with Gasteiger partial charge in [0.05, 0.1) is 10.6 Å². The van der Waals surface area contributed by atoms with Crippen molar-refractivity contribution >= 4 is 17.5 Å². The lowest BCUT2D eigenvalue weighted by Gasteiger charge is -2.35. The van der Waals surface area contributed by atoms with Crippen LogP contribution in [-0.4, -0.2) is 29.9 Å². The van der Waals surface area contributed by atoms with Crippen LogP contribution >= 0.6 is 11.6 Å². The molecule has 1 amide bonds. The molecule has 1 aromatic rings. The summed E-state index contributed by atoms with van der Waals surface area (Å²) in [6.45, 7) is 3.27. The topological polar surface area (TPSA) is 46.3 Å². The Balaban J connectivity index is 2.24. The molecule has 0 radical (unpaired) electrons. The average molecular weight is 267 g/mol. The molecule has 1 heterocycles. The van der Waals surface area contributed by atoms with Gasteiger partial charge < -0.3 is 10.6 Å². The lowest BCUT2D eigenvalue weighted by atomic mass is 10.0. The minimum atomic E-state index is 0.00940. The second-order valence-electron chi connectivity index (χ2n) is 4.87. The normalized spacial score (nSPS) is 19.9. The number of hydrogen-bond donors (Lipinski definition) is 1. The predicted molar refractivity (Wildman–Crippen MR) is 73.9 cm³/mol. The zero-order valence-electron chi connectivity index (χ0n) is 10.7. The van der Waals surface area contributed by atoms with Crippen LogP contribution in [0.5, 0.6) is 0 Å². The van der Waals surface area contributed by atoms with Crippen molar-refractivity contribution in [3.05, 3.63) is 34.3 Å². The van der Waals surface area contributed by atoms with Crippen LogP contribution in [0.2, 0.25) is 5.02 Å². The van der Waals surface area contributed by atoms with Gasteiger partial charge >= 0.3 is 0 Å². The van der Waals surface area contributed by atoms with Crippen molar-refractivity contribution in [3.63, 3.8) is 0 Å². The van der Waals surface area contributed by atoms with E-state index in [9.17, 15) is 4.79 Å². The summed E-state index contributed by atoms with van der Waals surface area (Å²) in [6.07, 6.45) is 3.19. The van der Waals surface area contributed by atoms with Gasteiger partial charge in [0.1, 0.15) is 0 Å². The highest BCUT2D eigenvalue weighted by molar-refractivity contribution is 6.33. The average Bonchev–Trinajstić information content (AvgIpc) is 2.38. The molecule has 0 bridgehead atoms. The highest BCUT2D eigenvalue weighted by Crippen LogP contribution is 2.23. The highest BCUT2D eigenvalue weighted by Gasteiger charge is 2.27. The van der Waals surface area contributed by atoms with Crippen molar-refractivity contribution in [1.82, 2.24) is 4.90 Å². The first-order valence-corrected chi connectivity index (χ1v) is 6.78. The van der Waals surface area contributed by atoms with Crippen molar-refractivity contribution in [2.24, 2.45) is 5.73 Å². The van der Waals surface area contributed by atoms with E-state index >= 15 is 0 Å². The van der Waals surface area contributed by atoms with Crippen LogP contribution in [0.15, 0.2) is 18.2 Å². The van der Waals surface area contributed by atoms with Gasteiger partial charge in [0, 0.05) is 19.1 Å². The molecule has 0 aromatic heterocycles. The number of benzene rings is 1. The van der Waals surface area contributed by atoms with E-state index in [0.29, 0.717) is 17.1 Å². The zero-order chi connectivity index (χ0) is 13.1. The minimum Gasteiger partial charge on any atom is -0.334 e. The number of rotatable bonds is 2. The second kappa shape index (κ2) is 5.72. The van der Waals surface area contributed by atoms with Gasteiger partial charge in [-0.1, -0.05) is 17.7 Å². The van der Waals surface area contributed by atoms with Crippen LogP contribution < -0.4 is 5.73 Å². The van der Waals surface area contributed by atoms with Crippen molar-refractivity contribution < 1.29 is 4.79 Å². The molecule has 0 saturated carbocycles. The SMILES string of the molecule is Cc1ccc(C(=O)N2CCCCC2CN)c(Cl)c1. The molecule has 18 heavy (non-hydrogen) atoms. The molecule has 1 unspecified atom stereocenters. The van der Waals surface area contributed by atoms with Crippen LogP contribution in [0.3, 0.4) is 0 Å². The Morgan fingerprint density at radius 3 is 2.94 bits per heavy atom. The second-order valence-corrected chi connectivity index (χ2v) is 5.27. The molecular formula is C14H19ClN2O. The molecule has 0 spiro atoms. The monoisotopic (exact) mass is 266 g/mol. The first-order valence-electron chi connectivity index (χ1n) is 6.40. The van der Waals surface area contributed by atoms with Gasteiger partial charge in [0.15, 0.2) is 0 Å². The number of carbonyl (C=O) groups excluding carboxylic acids is 1. The zero-order valence-corrected chi connectivity index (χ0v) is 11.4.